The molecule has 0 spiro atoms. The molecule has 4 rings (SSSR count). The first-order valence-electron chi connectivity index (χ1n) is 7.81. The van der Waals surface area contributed by atoms with Crippen LogP contribution in [0, 0.1) is 5.82 Å². The Hall–Kier alpha value is -2.52. The summed E-state index contributed by atoms with van der Waals surface area (Å²) in [6.45, 7) is 1.97. The van der Waals surface area contributed by atoms with Gasteiger partial charge in [0.25, 0.3) is 5.89 Å². The predicted molar refractivity (Wildman–Crippen MR) is 98.3 cm³/mol. The van der Waals surface area contributed by atoms with E-state index in [1.807, 2.05) is 36.1 Å². The van der Waals surface area contributed by atoms with Crippen molar-refractivity contribution in [3.05, 3.63) is 53.5 Å². The number of halogens is 1. The Bertz CT molecular complexity index is 1010. The van der Waals surface area contributed by atoms with E-state index in [-0.39, 0.29) is 11.1 Å². The summed E-state index contributed by atoms with van der Waals surface area (Å²) in [6, 6.07) is 10.1. The van der Waals surface area contributed by atoms with Crippen molar-refractivity contribution < 1.29 is 8.81 Å². The Labute approximate surface area is 157 Å². The van der Waals surface area contributed by atoms with Crippen LogP contribution in [-0.2, 0) is 7.05 Å². The van der Waals surface area contributed by atoms with Crippen molar-refractivity contribution >= 4 is 23.1 Å². The minimum atomic E-state index is -0.280. The van der Waals surface area contributed by atoms with Gasteiger partial charge in [0.15, 0.2) is 11.0 Å². The zero-order chi connectivity index (χ0) is 18.1. The van der Waals surface area contributed by atoms with E-state index in [1.54, 1.807) is 23.5 Å². The Balaban J connectivity index is 1.53. The van der Waals surface area contributed by atoms with E-state index < -0.39 is 0 Å². The van der Waals surface area contributed by atoms with Crippen LogP contribution >= 0.6 is 23.1 Å². The highest BCUT2D eigenvalue weighted by Crippen LogP contribution is 2.35. The predicted octanol–water partition coefficient (Wildman–Crippen LogP) is 4.59. The molecular weight excluding hydrogens is 373 g/mol. The second-order valence-corrected chi connectivity index (χ2v) is 7.81. The fraction of sp³-hybridized carbons (Fsp3) is 0.176. The second kappa shape index (κ2) is 7.00. The SMILES string of the molecule is C[C@@H](Sc1nnc(-c2ccc(F)cc2)n1C)c1nnc(-c2cccs2)o1. The minimum absolute atomic E-state index is 0.0832. The van der Waals surface area contributed by atoms with E-state index in [0.717, 1.165) is 10.4 Å². The summed E-state index contributed by atoms with van der Waals surface area (Å²) >= 11 is 3.03. The number of nitrogens with zero attached hydrogens (tertiary/aromatic N) is 5. The standard InChI is InChI=1S/C17H14FN5OS2/c1-10(15-20-21-16(24-15)13-4-3-9-25-13)26-17-22-19-14(23(17)2)11-5-7-12(18)8-6-11/h3-10H,1-2H3/t10-/m1/s1. The highest BCUT2D eigenvalue weighted by atomic mass is 32.2. The molecule has 0 saturated carbocycles. The molecule has 0 aliphatic rings. The van der Waals surface area contributed by atoms with Crippen LogP contribution in [0.3, 0.4) is 0 Å². The number of rotatable bonds is 5. The molecule has 0 aliphatic heterocycles. The number of aromatic nitrogens is 5. The summed E-state index contributed by atoms with van der Waals surface area (Å²) in [5.74, 6) is 1.44. The molecule has 3 aromatic heterocycles. The smallest absolute Gasteiger partial charge is 0.257 e. The van der Waals surface area contributed by atoms with Gasteiger partial charge in [0.2, 0.25) is 5.89 Å². The van der Waals surface area contributed by atoms with Crippen LogP contribution in [0.2, 0.25) is 0 Å². The lowest BCUT2D eigenvalue weighted by Gasteiger charge is -2.07. The Kier molecular flexibility index (Phi) is 4.56. The first-order valence-corrected chi connectivity index (χ1v) is 9.57. The lowest BCUT2D eigenvalue weighted by molar-refractivity contribution is 0.509. The zero-order valence-electron chi connectivity index (χ0n) is 14.0. The van der Waals surface area contributed by atoms with Gasteiger partial charge in [0.1, 0.15) is 5.82 Å². The minimum Gasteiger partial charge on any atom is -0.419 e. The maximum absolute atomic E-state index is 13.1. The van der Waals surface area contributed by atoms with Crippen LogP contribution in [-0.4, -0.2) is 25.0 Å². The van der Waals surface area contributed by atoms with Crippen molar-refractivity contribution in [2.45, 2.75) is 17.3 Å². The molecule has 0 N–H and O–H groups in total. The van der Waals surface area contributed by atoms with Crippen molar-refractivity contribution in [2.75, 3.05) is 0 Å². The molecule has 3 heterocycles. The second-order valence-electron chi connectivity index (χ2n) is 5.55. The van der Waals surface area contributed by atoms with Gasteiger partial charge in [-0.2, -0.15) is 0 Å². The van der Waals surface area contributed by atoms with Crippen molar-refractivity contribution in [3.63, 3.8) is 0 Å². The average molecular weight is 387 g/mol. The topological polar surface area (TPSA) is 69.6 Å². The monoisotopic (exact) mass is 387 g/mol. The fourth-order valence-corrected chi connectivity index (χ4v) is 3.86. The molecule has 4 aromatic rings. The van der Waals surface area contributed by atoms with Gasteiger partial charge in [-0.15, -0.1) is 31.7 Å². The van der Waals surface area contributed by atoms with Crippen LogP contribution < -0.4 is 0 Å². The van der Waals surface area contributed by atoms with Crippen LogP contribution in [0.15, 0.2) is 51.4 Å². The number of benzene rings is 1. The van der Waals surface area contributed by atoms with Gasteiger partial charge in [0, 0.05) is 12.6 Å². The molecule has 9 heteroatoms. The van der Waals surface area contributed by atoms with Gasteiger partial charge in [-0.1, -0.05) is 17.8 Å². The molecule has 132 valence electrons. The van der Waals surface area contributed by atoms with E-state index in [0.29, 0.717) is 22.8 Å². The molecule has 1 aromatic carbocycles. The normalized spacial score (nSPS) is 12.4. The van der Waals surface area contributed by atoms with Crippen molar-refractivity contribution in [3.8, 4) is 22.2 Å². The number of thioether (sulfide) groups is 1. The van der Waals surface area contributed by atoms with E-state index in [1.165, 1.54) is 23.9 Å². The largest absolute Gasteiger partial charge is 0.419 e. The highest BCUT2D eigenvalue weighted by Gasteiger charge is 2.20. The van der Waals surface area contributed by atoms with Gasteiger partial charge in [-0.3, -0.25) is 0 Å². The van der Waals surface area contributed by atoms with Gasteiger partial charge in [0.05, 0.1) is 10.1 Å². The highest BCUT2D eigenvalue weighted by molar-refractivity contribution is 7.99. The van der Waals surface area contributed by atoms with Crippen molar-refractivity contribution in [1.82, 2.24) is 25.0 Å². The number of hydrogen-bond donors (Lipinski definition) is 0. The Morgan fingerprint density at radius 2 is 1.92 bits per heavy atom. The summed E-state index contributed by atoms with van der Waals surface area (Å²) < 4.78 is 20.7. The molecule has 0 fully saturated rings. The van der Waals surface area contributed by atoms with Crippen LogP contribution in [0.25, 0.3) is 22.2 Å². The molecular formula is C17H14FN5OS2. The number of thiophene rings is 1. The molecule has 0 radical (unpaired) electrons. The molecule has 0 bridgehead atoms. The van der Waals surface area contributed by atoms with Gasteiger partial charge in [-0.05, 0) is 42.6 Å². The lowest BCUT2D eigenvalue weighted by Crippen LogP contribution is -1.97. The Morgan fingerprint density at radius 1 is 1.12 bits per heavy atom. The molecule has 0 unspecified atom stereocenters. The lowest BCUT2D eigenvalue weighted by atomic mass is 10.2. The molecule has 0 saturated heterocycles. The molecule has 1 atom stereocenters. The van der Waals surface area contributed by atoms with Crippen LogP contribution in [0.4, 0.5) is 4.39 Å². The molecule has 0 aliphatic carbocycles. The third kappa shape index (κ3) is 3.27. The van der Waals surface area contributed by atoms with E-state index in [4.69, 9.17) is 4.42 Å². The van der Waals surface area contributed by atoms with E-state index in [2.05, 4.69) is 20.4 Å². The van der Waals surface area contributed by atoms with E-state index >= 15 is 0 Å². The summed E-state index contributed by atoms with van der Waals surface area (Å²) in [7, 11) is 1.87. The van der Waals surface area contributed by atoms with Crippen LogP contribution in [0.5, 0.6) is 0 Å². The van der Waals surface area contributed by atoms with Gasteiger partial charge < -0.3 is 8.98 Å². The quantitative estimate of drug-likeness (QED) is 0.467. The summed E-state index contributed by atoms with van der Waals surface area (Å²) in [4.78, 5) is 0.943. The Morgan fingerprint density at radius 3 is 2.65 bits per heavy atom. The molecule has 26 heavy (non-hydrogen) atoms. The maximum Gasteiger partial charge on any atom is 0.257 e. The van der Waals surface area contributed by atoms with Gasteiger partial charge >= 0.3 is 0 Å². The van der Waals surface area contributed by atoms with Crippen molar-refractivity contribution in [2.24, 2.45) is 7.05 Å². The molecule has 0 amide bonds. The third-order valence-electron chi connectivity index (χ3n) is 3.74. The fourth-order valence-electron chi connectivity index (χ4n) is 2.38. The molecule has 6 nitrogen and oxygen atoms in total. The third-order valence-corrected chi connectivity index (χ3v) is 5.72. The average Bonchev–Trinajstić information content (AvgIpc) is 3.37. The van der Waals surface area contributed by atoms with Gasteiger partial charge in [-0.25, -0.2) is 4.39 Å². The first kappa shape index (κ1) is 16.9. The van der Waals surface area contributed by atoms with E-state index in [9.17, 15) is 4.39 Å². The number of hydrogen-bond acceptors (Lipinski definition) is 7. The zero-order valence-corrected chi connectivity index (χ0v) is 15.6. The summed E-state index contributed by atoms with van der Waals surface area (Å²) in [5.41, 5.74) is 0.804. The summed E-state index contributed by atoms with van der Waals surface area (Å²) in [5, 5.41) is 19.3. The first-order chi connectivity index (χ1) is 12.6. The van der Waals surface area contributed by atoms with Crippen molar-refractivity contribution in [1.29, 1.82) is 0 Å². The maximum atomic E-state index is 13.1. The summed E-state index contributed by atoms with van der Waals surface area (Å²) in [6.07, 6.45) is 0. The van der Waals surface area contributed by atoms with Crippen LogP contribution in [0.1, 0.15) is 18.1 Å².